The zero-order chi connectivity index (χ0) is 11.9. The first-order valence-corrected chi connectivity index (χ1v) is 6.47. The molecule has 3 heteroatoms. The zero-order valence-corrected chi connectivity index (χ0v) is 10.3. The normalized spacial score (nSPS) is 15.1. The van der Waals surface area contributed by atoms with Gasteiger partial charge in [-0.2, -0.15) is 0 Å². The van der Waals surface area contributed by atoms with Gasteiger partial charge in [-0.3, -0.25) is 0 Å². The molecule has 94 valence electrons. The first-order valence-electron chi connectivity index (χ1n) is 6.47. The summed E-state index contributed by atoms with van der Waals surface area (Å²) in [6.07, 6.45) is 3.82. The van der Waals surface area contributed by atoms with E-state index in [-0.39, 0.29) is 0 Å². The molecule has 1 fully saturated rings. The van der Waals surface area contributed by atoms with Crippen LogP contribution in [0.25, 0.3) is 0 Å². The Morgan fingerprint density at radius 1 is 1.35 bits per heavy atom. The molecule has 1 aliphatic rings. The highest BCUT2D eigenvalue weighted by molar-refractivity contribution is 5.40. The van der Waals surface area contributed by atoms with E-state index < -0.39 is 0 Å². The second kappa shape index (κ2) is 6.62. The van der Waals surface area contributed by atoms with Crippen LogP contribution in [0.5, 0.6) is 0 Å². The molecule has 0 unspecified atom stereocenters. The van der Waals surface area contributed by atoms with Gasteiger partial charge in [-0.05, 0) is 49.4 Å². The molecule has 0 bridgehead atoms. The summed E-state index contributed by atoms with van der Waals surface area (Å²) >= 11 is 0. The maximum absolute atomic E-state index is 5.71. The van der Waals surface area contributed by atoms with Gasteiger partial charge in [0.05, 0.1) is 0 Å². The van der Waals surface area contributed by atoms with E-state index in [4.69, 9.17) is 10.5 Å². The van der Waals surface area contributed by atoms with Crippen LogP contribution in [0.1, 0.15) is 24.8 Å². The average molecular weight is 234 g/mol. The van der Waals surface area contributed by atoms with Gasteiger partial charge in [0.1, 0.15) is 0 Å². The SMILES string of the molecule is Nc1cccc(CNCCCOCC2CC2)c1. The average Bonchev–Trinajstić information content (AvgIpc) is 3.12. The van der Waals surface area contributed by atoms with Crippen LogP contribution < -0.4 is 11.1 Å². The van der Waals surface area contributed by atoms with E-state index in [2.05, 4.69) is 11.4 Å². The first kappa shape index (κ1) is 12.4. The number of benzene rings is 1. The third kappa shape index (κ3) is 5.20. The smallest absolute Gasteiger partial charge is 0.0494 e. The fourth-order valence-electron chi connectivity index (χ4n) is 1.77. The molecule has 1 aliphatic carbocycles. The van der Waals surface area contributed by atoms with Gasteiger partial charge < -0.3 is 15.8 Å². The highest BCUT2D eigenvalue weighted by Crippen LogP contribution is 2.28. The van der Waals surface area contributed by atoms with Crippen LogP contribution >= 0.6 is 0 Å². The van der Waals surface area contributed by atoms with E-state index in [9.17, 15) is 0 Å². The number of nitrogen functional groups attached to an aromatic ring is 1. The largest absolute Gasteiger partial charge is 0.399 e. The van der Waals surface area contributed by atoms with Crippen LogP contribution in [-0.2, 0) is 11.3 Å². The van der Waals surface area contributed by atoms with Gasteiger partial charge >= 0.3 is 0 Å². The van der Waals surface area contributed by atoms with E-state index >= 15 is 0 Å². The first-order chi connectivity index (χ1) is 8.34. The summed E-state index contributed by atoms with van der Waals surface area (Å²) in [6.45, 7) is 3.72. The van der Waals surface area contributed by atoms with Crippen molar-refractivity contribution < 1.29 is 4.74 Å². The minimum atomic E-state index is 0.831. The standard InChI is InChI=1S/C14H22N2O/c15-14-4-1-3-13(9-14)10-16-7-2-8-17-11-12-5-6-12/h1,3-4,9,12,16H,2,5-8,10-11,15H2. The Hall–Kier alpha value is -1.06. The lowest BCUT2D eigenvalue weighted by molar-refractivity contribution is 0.122. The van der Waals surface area contributed by atoms with Gasteiger partial charge in [-0.1, -0.05) is 12.1 Å². The Labute approximate surface area is 103 Å². The summed E-state index contributed by atoms with van der Waals surface area (Å²) in [5, 5.41) is 3.40. The van der Waals surface area contributed by atoms with Crippen LogP contribution in [0.4, 0.5) is 5.69 Å². The Kier molecular flexibility index (Phi) is 4.83. The molecule has 1 aromatic rings. The van der Waals surface area contributed by atoms with Gasteiger partial charge in [-0.15, -0.1) is 0 Å². The molecule has 17 heavy (non-hydrogen) atoms. The molecule has 0 atom stereocenters. The molecule has 1 aromatic carbocycles. The molecule has 3 nitrogen and oxygen atoms in total. The van der Waals surface area contributed by atoms with Gasteiger partial charge in [0, 0.05) is 25.4 Å². The van der Waals surface area contributed by atoms with Gasteiger partial charge in [0.2, 0.25) is 0 Å². The van der Waals surface area contributed by atoms with Crippen molar-refractivity contribution in [2.75, 3.05) is 25.5 Å². The lowest BCUT2D eigenvalue weighted by Gasteiger charge is -2.06. The fourth-order valence-corrected chi connectivity index (χ4v) is 1.77. The van der Waals surface area contributed by atoms with E-state index in [1.807, 2.05) is 18.2 Å². The van der Waals surface area contributed by atoms with Crippen LogP contribution in [0, 0.1) is 5.92 Å². The molecule has 0 saturated heterocycles. The Bertz CT molecular complexity index is 337. The fraction of sp³-hybridized carbons (Fsp3) is 0.571. The summed E-state index contributed by atoms with van der Waals surface area (Å²) < 4.78 is 5.57. The molecule has 0 radical (unpaired) electrons. The highest BCUT2D eigenvalue weighted by Gasteiger charge is 2.20. The maximum atomic E-state index is 5.71. The Balaban J connectivity index is 1.47. The molecule has 0 heterocycles. The zero-order valence-electron chi connectivity index (χ0n) is 10.3. The van der Waals surface area contributed by atoms with Gasteiger partial charge in [0.15, 0.2) is 0 Å². The molecule has 2 rings (SSSR count). The Morgan fingerprint density at radius 2 is 2.24 bits per heavy atom. The van der Waals surface area contributed by atoms with E-state index in [1.54, 1.807) is 0 Å². The van der Waals surface area contributed by atoms with Crippen molar-refractivity contribution in [3.05, 3.63) is 29.8 Å². The number of nitrogens with one attached hydrogen (secondary N) is 1. The number of hydrogen-bond acceptors (Lipinski definition) is 3. The van der Waals surface area contributed by atoms with Gasteiger partial charge in [-0.25, -0.2) is 0 Å². The van der Waals surface area contributed by atoms with Crippen molar-refractivity contribution in [2.24, 2.45) is 5.92 Å². The van der Waals surface area contributed by atoms with Crippen molar-refractivity contribution in [3.63, 3.8) is 0 Å². The van der Waals surface area contributed by atoms with Crippen LogP contribution in [0.15, 0.2) is 24.3 Å². The third-order valence-corrected chi connectivity index (χ3v) is 2.97. The topological polar surface area (TPSA) is 47.3 Å². The molecule has 0 spiro atoms. The summed E-state index contributed by atoms with van der Waals surface area (Å²) in [5.74, 6) is 0.871. The highest BCUT2D eigenvalue weighted by atomic mass is 16.5. The maximum Gasteiger partial charge on any atom is 0.0494 e. The molecule has 0 aromatic heterocycles. The van der Waals surface area contributed by atoms with Crippen LogP contribution in [0.3, 0.4) is 0 Å². The lowest BCUT2D eigenvalue weighted by atomic mass is 10.2. The predicted octanol–water partition coefficient (Wildman–Crippen LogP) is 2.18. The van der Waals surface area contributed by atoms with Crippen molar-refractivity contribution in [1.29, 1.82) is 0 Å². The number of hydrogen-bond donors (Lipinski definition) is 2. The summed E-state index contributed by atoms with van der Waals surface area (Å²) in [5.41, 5.74) is 7.79. The van der Waals surface area contributed by atoms with Crippen LogP contribution in [-0.4, -0.2) is 19.8 Å². The molecule has 1 saturated carbocycles. The lowest BCUT2D eigenvalue weighted by Crippen LogP contribution is -2.16. The monoisotopic (exact) mass is 234 g/mol. The van der Waals surface area contributed by atoms with Crippen molar-refractivity contribution in [3.8, 4) is 0 Å². The Morgan fingerprint density at radius 3 is 3.00 bits per heavy atom. The minimum absolute atomic E-state index is 0.831. The number of nitrogens with two attached hydrogens (primary N) is 1. The number of anilines is 1. The molecule has 0 aliphatic heterocycles. The molecule has 0 amide bonds. The third-order valence-electron chi connectivity index (χ3n) is 2.97. The quantitative estimate of drug-likeness (QED) is 0.535. The molecular weight excluding hydrogens is 212 g/mol. The van der Waals surface area contributed by atoms with Crippen molar-refractivity contribution >= 4 is 5.69 Å². The van der Waals surface area contributed by atoms with E-state index in [0.717, 1.165) is 44.3 Å². The molecular formula is C14H22N2O. The summed E-state index contributed by atoms with van der Waals surface area (Å²) in [6, 6.07) is 8.00. The minimum Gasteiger partial charge on any atom is -0.399 e. The van der Waals surface area contributed by atoms with E-state index in [0.29, 0.717) is 0 Å². The summed E-state index contributed by atoms with van der Waals surface area (Å²) in [4.78, 5) is 0. The molecule has 3 N–H and O–H groups in total. The van der Waals surface area contributed by atoms with E-state index in [1.165, 1.54) is 18.4 Å². The number of ether oxygens (including phenoxy) is 1. The van der Waals surface area contributed by atoms with Gasteiger partial charge in [0.25, 0.3) is 0 Å². The second-order valence-electron chi connectivity index (χ2n) is 4.79. The summed E-state index contributed by atoms with van der Waals surface area (Å²) in [7, 11) is 0. The van der Waals surface area contributed by atoms with Crippen molar-refractivity contribution in [1.82, 2.24) is 5.32 Å². The number of rotatable bonds is 8. The van der Waals surface area contributed by atoms with Crippen molar-refractivity contribution in [2.45, 2.75) is 25.8 Å². The second-order valence-corrected chi connectivity index (χ2v) is 4.79. The predicted molar refractivity (Wildman–Crippen MR) is 70.7 cm³/mol. The van der Waals surface area contributed by atoms with Crippen LogP contribution in [0.2, 0.25) is 0 Å².